The molecule has 16 heteroatoms. The molecule has 316 valence electrons. The van der Waals surface area contributed by atoms with Crippen molar-refractivity contribution in [3.05, 3.63) is 149 Å². The van der Waals surface area contributed by atoms with E-state index < -0.39 is 38.0 Å². The Hall–Kier alpha value is -6.65. The second-order valence-electron chi connectivity index (χ2n) is 14.6. The predicted octanol–water partition coefficient (Wildman–Crippen LogP) is 7.11. The van der Waals surface area contributed by atoms with Crippen LogP contribution < -0.4 is 24.2 Å². The quantitative estimate of drug-likeness (QED) is 0.102. The fourth-order valence-corrected chi connectivity index (χ4v) is 9.48. The van der Waals surface area contributed by atoms with Crippen LogP contribution in [0, 0.1) is 0 Å². The summed E-state index contributed by atoms with van der Waals surface area (Å²) in [4.78, 5) is 39.3. The number of aromatic nitrogens is 1. The van der Waals surface area contributed by atoms with Crippen molar-refractivity contribution in [1.29, 1.82) is 0 Å². The Morgan fingerprint density at radius 1 is 0.656 bits per heavy atom. The summed E-state index contributed by atoms with van der Waals surface area (Å²) in [5, 5.41) is 3.68. The topological polar surface area (TPSA) is 188 Å². The molecule has 1 heterocycles. The van der Waals surface area contributed by atoms with Gasteiger partial charge in [0.2, 0.25) is 0 Å². The molecule has 0 bridgehead atoms. The van der Waals surface area contributed by atoms with Crippen molar-refractivity contribution >= 4 is 54.5 Å². The number of ether oxygens (including phenoxy) is 3. The number of carbonyl (C=O) groups excluding carboxylic acids is 3. The minimum absolute atomic E-state index is 0.0511. The number of amides is 3. The van der Waals surface area contributed by atoms with Crippen molar-refractivity contribution in [1.82, 2.24) is 14.0 Å². The second kappa shape index (κ2) is 17.9. The van der Waals surface area contributed by atoms with E-state index in [0.717, 1.165) is 47.8 Å². The summed E-state index contributed by atoms with van der Waals surface area (Å²) in [6, 6.07) is 30.1. The lowest BCUT2D eigenvalue weighted by Crippen LogP contribution is -2.30. The molecule has 61 heavy (non-hydrogen) atoms. The minimum atomic E-state index is -4.14. The number of fused-ring (bicyclic) bond motifs is 1. The van der Waals surface area contributed by atoms with Crippen LogP contribution in [0.1, 0.15) is 68.8 Å². The van der Waals surface area contributed by atoms with Crippen LogP contribution in [0.3, 0.4) is 0 Å². The van der Waals surface area contributed by atoms with E-state index in [-0.39, 0.29) is 33.4 Å². The third-order valence-corrected chi connectivity index (χ3v) is 13.3. The molecule has 0 radical (unpaired) electrons. The van der Waals surface area contributed by atoms with Crippen molar-refractivity contribution in [3.63, 3.8) is 0 Å². The molecule has 3 N–H and O–H groups in total. The number of methoxy groups -OCH3 is 2. The SMILES string of the molecule is COc1cc(C(=O)NS(=O)(=O)c2ccccc2)ccc1Cc1c(Cc2ccc(C(=O)NS(=O)(=O)c3ccccc3)cc2OC)n(C)c2ccc(NC(=O)OC3CCCC3)cc12. The molecule has 6 aromatic rings. The summed E-state index contributed by atoms with van der Waals surface area (Å²) in [5.41, 5.74) is 4.53. The zero-order chi connectivity index (χ0) is 43.3. The molecule has 0 aliphatic heterocycles. The van der Waals surface area contributed by atoms with Crippen molar-refractivity contribution in [3.8, 4) is 11.5 Å². The Bertz CT molecular complexity index is 2840. The first-order valence-electron chi connectivity index (χ1n) is 19.4. The Balaban J connectivity index is 1.22. The lowest BCUT2D eigenvalue weighted by molar-refractivity contribution is 0.0972. The van der Waals surface area contributed by atoms with Gasteiger partial charge in [0.1, 0.15) is 17.6 Å². The number of sulfonamides is 2. The maximum Gasteiger partial charge on any atom is 0.411 e. The van der Waals surface area contributed by atoms with E-state index in [1.807, 2.05) is 23.7 Å². The lowest BCUT2D eigenvalue weighted by atomic mass is 9.96. The highest BCUT2D eigenvalue weighted by molar-refractivity contribution is 7.90. The highest BCUT2D eigenvalue weighted by Gasteiger charge is 2.25. The van der Waals surface area contributed by atoms with Gasteiger partial charge in [-0.25, -0.2) is 31.1 Å². The number of aryl methyl sites for hydroxylation is 1. The van der Waals surface area contributed by atoms with Crippen LogP contribution in [-0.4, -0.2) is 59.6 Å². The number of benzene rings is 5. The van der Waals surface area contributed by atoms with Crippen LogP contribution in [0.2, 0.25) is 0 Å². The molecular formula is C45H44N4O10S2. The van der Waals surface area contributed by atoms with Crippen molar-refractivity contribution in [2.24, 2.45) is 7.05 Å². The molecule has 0 unspecified atom stereocenters. The van der Waals surface area contributed by atoms with Gasteiger partial charge in [-0.1, -0.05) is 48.5 Å². The molecule has 1 fully saturated rings. The van der Waals surface area contributed by atoms with Gasteiger partial charge >= 0.3 is 6.09 Å². The Labute approximate surface area is 353 Å². The summed E-state index contributed by atoms with van der Waals surface area (Å²) < 4.78 is 75.1. The van der Waals surface area contributed by atoms with Crippen molar-refractivity contribution in [2.45, 2.75) is 54.4 Å². The first kappa shape index (κ1) is 42.5. The fourth-order valence-electron chi connectivity index (χ4n) is 7.49. The molecule has 14 nitrogen and oxygen atoms in total. The van der Waals surface area contributed by atoms with Crippen LogP contribution in [0.4, 0.5) is 10.5 Å². The fraction of sp³-hybridized carbons (Fsp3) is 0.222. The molecule has 3 amide bonds. The highest BCUT2D eigenvalue weighted by Crippen LogP contribution is 2.36. The van der Waals surface area contributed by atoms with Gasteiger partial charge < -0.3 is 18.8 Å². The molecule has 5 aromatic carbocycles. The van der Waals surface area contributed by atoms with E-state index in [4.69, 9.17) is 14.2 Å². The minimum Gasteiger partial charge on any atom is -0.496 e. The summed E-state index contributed by atoms with van der Waals surface area (Å²) in [7, 11) is -3.45. The average Bonchev–Trinajstić information content (AvgIpc) is 3.86. The summed E-state index contributed by atoms with van der Waals surface area (Å²) in [6.45, 7) is 0. The van der Waals surface area contributed by atoms with E-state index in [1.165, 1.54) is 62.8 Å². The van der Waals surface area contributed by atoms with E-state index in [9.17, 15) is 31.2 Å². The van der Waals surface area contributed by atoms with E-state index >= 15 is 0 Å². The van der Waals surface area contributed by atoms with Crippen LogP contribution in [-0.2, 0) is 44.7 Å². The number of hydrogen-bond acceptors (Lipinski definition) is 10. The first-order valence-corrected chi connectivity index (χ1v) is 22.4. The molecule has 0 saturated heterocycles. The third kappa shape index (κ3) is 9.55. The average molecular weight is 865 g/mol. The maximum atomic E-state index is 13.2. The van der Waals surface area contributed by atoms with Gasteiger partial charge in [0.25, 0.3) is 31.9 Å². The first-order chi connectivity index (χ1) is 29.3. The molecule has 1 aliphatic carbocycles. The van der Waals surface area contributed by atoms with Crippen LogP contribution >= 0.6 is 0 Å². The van der Waals surface area contributed by atoms with E-state index in [1.54, 1.807) is 54.6 Å². The molecule has 1 saturated carbocycles. The van der Waals surface area contributed by atoms with Gasteiger partial charge in [0.05, 0.1) is 24.0 Å². The number of nitrogens with zero attached hydrogens (tertiary/aromatic N) is 1. The van der Waals surface area contributed by atoms with Crippen molar-refractivity contribution in [2.75, 3.05) is 19.5 Å². The summed E-state index contributed by atoms with van der Waals surface area (Å²) in [6.07, 6.45) is 3.57. The van der Waals surface area contributed by atoms with Gasteiger partial charge in [0, 0.05) is 58.9 Å². The third-order valence-electron chi connectivity index (χ3n) is 10.6. The number of rotatable bonds is 14. The van der Waals surface area contributed by atoms with Gasteiger partial charge in [-0.05, 0) is 104 Å². The standard InChI is InChI=1S/C45H44N4O10S2/c1-49-39-23-22-33(46-45(52)59-34-12-10-11-13-34)28-38(39)37(24-29-18-20-31(26-41(29)57-2)43(50)47-60(53,54)35-14-6-4-7-15-35)40(49)25-30-19-21-32(27-42(30)58-3)44(51)48-61(55,56)36-16-8-5-9-17-36/h4-9,14-23,26-28,34H,10-13,24-25H2,1-3H3,(H,46,52)(H,47,50)(H,48,51). The molecule has 0 atom stereocenters. The summed E-state index contributed by atoms with van der Waals surface area (Å²) in [5.74, 6) is -0.981. The lowest BCUT2D eigenvalue weighted by Gasteiger charge is -2.15. The number of carbonyl (C=O) groups is 3. The Kier molecular flexibility index (Phi) is 12.5. The Morgan fingerprint density at radius 3 is 1.67 bits per heavy atom. The second-order valence-corrected chi connectivity index (χ2v) is 17.9. The molecule has 1 aliphatic rings. The number of anilines is 1. The van der Waals surface area contributed by atoms with Crippen LogP contribution in [0.5, 0.6) is 11.5 Å². The van der Waals surface area contributed by atoms with Crippen molar-refractivity contribution < 1.29 is 45.4 Å². The zero-order valence-corrected chi connectivity index (χ0v) is 35.3. The normalized spacial score (nSPS) is 13.1. The van der Waals surface area contributed by atoms with Crippen LogP contribution in [0.25, 0.3) is 10.9 Å². The summed E-state index contributed by atoms with van der Waals surface area (Å²) >= 11 is 0. The van der Waals surface area contributed by atoms with Gasteiger partial charge in [-0.3, -0.25) is 14.9 Å². The number of hydrogen-bond donors (Lipinski definition) is 3. The number of nitrogens with one attached hydrogen (secondary N) is 3. The highest BCUT2D eigenvalue weighted by atomic mass is 32.2. The monoisotopic (exact) mass is 864 g/mol. The van der Waals surface area contributed by atoms with Gasteiger partial charge in [0.15, 0.2) is 0 Å². The van der Waals surface area contributed by atoms with E-state index in [0.29, 0.717) is 34.7 Å². The van der Waals surface area contributed by atoms with Gasteiger partial charge in [-0.15, -0.1) is 0 Å². The molecule has 7 rings (SSSR count). The largest absolute Gasteiger partial charge is 0.496 e. The van der Waals surface area contributed by atoms with E-state index in [2.05, 4.69) is 14.8 Å². The molecule has 1 aromatic heterocycles. The maximum absolute atomic E-state index is 13.2. The molecular weight excluding hydrogens is 821 g/mol. The smallest absolute Gasteiger partial charge is 0.411 e. The van der Waals surface area contributed by atoms with Crippen LogP contribution in [0.15, 0.2) is 125 Å². The molecule has 0 spiro atoms. The zero-order valence-electron chi connectivity index (χ0n) is 33.6. The van der Waals surface area contributed by atoms with Gasteiger partial charge in [-0.2, -0.15) is 0 Å². The Morgan fingerprint density at radius 2 is 1.16 bits per heavy atom. The predicted molar refractivity (Wildman–Crippen MR) is 229 cm³/mol.